The van der Waals surface area contributed by atoms with E-state index in [1.807, 2.05) is 18.2 Å². The maximum absolute atomic E-state index is 12.5. The highest BCUT2D eigenvalue weighted by Gasteiger charge is 2.20. The van der Waals surface area contributed by atoms with Crippen LogP contribution in [0, 0.1) is 0 Å². The monoisotopic (exact) mass is 443 g/mol. The number of H-pyrrole nitrogens is 1. The summed E-state index contributed by atoms with van der Waals surface area (Å²) in [7, 11) is 0. The van der Waals surface area contributed by atoms with E-state index < -0.39 is 11.6 Å². The van der Waals surface area contributed by atoms with E-state index in [-0.39, 0.29) is 22.7 Å². The number of rotatable bonds is 3. The van der Waals surface area contributed by atoms with E-state index in [1.165, 1.54) is 4.57 Å². The second kappa shape index (κ2) is 6.64. The second-order valence-electron chi connectivity index (χ2n) is 5.71. The van der Waals surface area contributed by atoms with Gasteiger partial charge in [-0.1, -0.05) is 39.7 Å². The molecule has 0 bridgehead atoms. The molecule has 2 aromatic heterocycles. The van der Waals surface area contributed by atoms with Gasteiger partial charge in [0.05, 0.1) is 5.69 Å². The molecule has 2 aromatic carbocycles. The smallest absolute Gasteiger partial charge is 0.332 e. The SMILES string of the molecule is NC(=O)c1nc(-c2cccc(Br)c2)nc2c1[nH]c(=O)n2-c1ccc(Cl)cc1. The van der Waals surface area contributed by atoms with Gasteiger partial charge in [-0.3, -0.25) is 4.79 Å². The number of hydrogen-bond donors (Lipinski definition) is 2. The minimum absolute atomic E-state index is 0.0558. The predicted molar refractivity (Wildman–Crippen MR) is 106 cm³/mol. The maximum atomic E-state index is 12.5. The summed E-state index contributed by atoms with van der Waals surface area (Å²) in [6.07, 6.45) is 0. The van der Waals surface area contributed by atoms with Gasteiger partial charge < -0.3 is 10.7 Å². The summed E-state index contributed by atoms with van der Waals surface area (Å²) in [6.45, 7) is 0. The molecule has 0 saturated carbocycles. The third-order valence-electron chi connectivity index (χ3n) is 3.94. The summed E-state index contributed by atoms with van der Waals surface area (Å²) < 4.78 is 2.18. The van der Waals surface area contributed by atoms with Gasteiger partial charge in [0, 0.05) is 15.1 Å². The van der Waals surface area contributed by atoms with Crippen LogP contribution in [0.3, 0.4) is 0 Å². The van der Waals surface area contributed by atoms with Crippen molar-refractivity contribution in [3.8, 4) is 17.1 Å². The number of nitrogens with two attached hydrogens (primary N) is 1. The fraction of sp³-hybridized carbons (Fsp3) is 0. The van der Waals surface area contributed by atoms with Crippen molar-refractivity contribution in [3.05, 3.63) is 74.2 Å². The van der Waals surface area contributed by atoms with Crippen molar-refractivity contribution < 1.29 is 4.79 Å². The summed E-state index contributed by atoms with van der Waals surface area (Å²) in [5.41, 5.74) is 6.62. The van der Waals surface area contributed by atoms with Crippen LogP contribution in [-0.4, -0.2) is 25.4 Å². The van der Waals surface area contributed by atoms with E-state index in [2.05, 4.69) is 30.9 Å². The van der Waals surface area contributed by atoms with Gasteiger partial charge >= 0.3 is 5.69 Å². The predicted octanol–water partition coefficient (Wildman–Crippen LogP) is 3.29. The number of amides is 1. The number of nitrogens with zero attached hydrogens (tertiary/aromatic N) is 3. The van der Waals surface area contributed by atoms with Gasteiger partial charge in [0.15, 0.2) is 17.2 Å². The first-order valence-electron chi connectivity index (χ1n) is 7.78. The molecule has 7 nitrogen and oxygen atoms in total. The highest BCUT2D eigenvalue weighted by atomic mass is 79.9. The minimum Gasteiger partial charge on any atom is -0.364 e. The van der Waals surface area contributed by atoms with Gasteiger partial charge in [0.2, 0.25) is 0 Å². The number of imidazole rings is 1. The van der Waals surface area contributed by atoms with Gasteiger partial charge in [0.25, 0.3) is 5.91 Å². The van der Waals surface area contributed by atoms with E-state index in [0.29, 0.717) is 16.3 Å². The Balaban J connectivity index is 2.06. The number of benzene rings is 2. The standard InChI is InChI=1S/C18H11BrClN5O2/c19-10-3-1-2-9(8-10)16-22-13(15(21)26)14-17(24-16)25(18(27)23-14)12-6-4-11(20)5-7-12/h1-8H,(H2,21,26)(H,23,27). The molecule has 0 atom stereocenters. The Hall–Kier alpha value is -2.97. The van der Waals surface area contributed by atoms with E-state index in [9.17, 15) is 9.59 Å². The van der Waals surface area contributed by atoms with Crippen LogP contribution in [0.15, 0.2) is 57.8 Å². The molecule has 0 radical (unpaired) electrons. The summed E-state index contributed by atoms with van der Waals surface area (Å²) in [4.78, 5) is 35.9. The van der Waals surface area contributed by atoms with Crippen molar-refractivity contribution in [2.75, 3.05) is 0 Å². The van der Waals surface area contributed by atoms with Crippen LogP contribution in [0.5, 0.6) is 0 Å². The number of carbonyl (C=O) groups excluding carboxylic acids is 1. The number of aromatic amines is 1. The summed E-state index contributed by atoms with van der Waals surface area (Å²) in [6, 6.07) is 14.0. The average molecular weight is 445 g/mol. The summed E-state index contributed by atoms with van der Waals surface area (Å²) in [5, 5.41) is 0.536. The number of halogens is 2. The van der Waals surface area contributed by atoms with Crippen LogP contribution >= 0.6 is 27.5 Å². The lowest BCUT2D eigenvalue weighted by molar-refractivity contribution is 0.0997. The van der Waals surface area contributed by atoms with Crippen LogP contribution in [0.2, 0.25) is 5.02 Å². The van der Waals surface area contributed by atoms with Gasteiger partial charge in [-0.15, -0.1) is 0 Å². The minimum atomic E-state index is -0.761. The van der Waals surface area contributed by atoms with Crippen molar-refractivity contribution in [2.45, 2.75) is 0 Å². The highest BCUT2D eigenvalue weighted by Crippen LogP contribution is 2.24. The molecular formula is C18H11BrClN5O2. The fourth-order valence-corrected chi connectivity index (χ4v) is 3.27. The summed E-state index contributed by atoms with van der Waals surface area (Å²) >= 11 is 9.33. The Bertz CT molecular complexity index is 1250. The number of hydrogen-bond acceptors (Lipinski definition) is 4. The molecule has 3 N–H and O–H groups in total. The maximum Gasteiger partial charge on any atom is 0.332 e. The van der Waals surface area contributed by atoms with Gasteiger partial charge in [-0.05, 0) is 36.4 Å². The molecule has 0 aliphatic carbocycles. The first-order chi connectivity index (χ1) is 12.9. The van der Waals surface area contributed by atoms with Crippen LogP contribution in [0.4, 0.5) is 0 Å². The van der Waals surface area contributed by atoms with Gasteiger partial charge in [-0.25, -0.2) is 19.3 Å². The number of carbonyl (C=O) groups is 1. The Kier molecular flexibility index (Phi) is 4.29. The highest BCUT2D eigenvalue weighted by molar-refractivity contribution is 9.10. The van der Waals surface area contributed by atoms with Crippen molar-refractivity contribution in [2.24, 2.45) is 5.73 Å². The molecule has 4 rings (SSSR count). The molecule has 0 aliphatic rings. The molecule has 0 saturated heterocycles. The Morgan fingerprint density at radius 1 is 1.15 bits per heavy atom. The molecule has 9 heteroatoms. The van der Waals surface area contributed by atoms with Crippen molar-refractivity contribution in [3.63, 3.8) is 0 Å². The molecule has 27 heavy (non-hydrogen) atoms. The topological polar surface area (TPSA) is 107 Å². The second-order valence-corrected chi connectivity index (χ2v) is 7.06. The van der Waals surface area contributed by atoms with Crippen LogP contribution in [-0.2, 0) is 0 Å². The van der Waals surface area contributed by atoms with E-state index in [0.717, 1.165) is 4.47 Å². The zero-order chi connectivity index (χ0) is 19.1. The third-order valence-corrected chi connectivity index (χ3v) is 4.68. The molecule has 1 amide bonds. The molecule has 0 fully saturated rings. The van der Waals surface area contributed by atoms with Crippen LogP contribution in [0.25, 0.3) is 28.2 Å². The zero-order valence-electron chi connectivity index (χ0n) is 13.6. The lowest BCUT2D eigenvalue weighted by Crippen LogP contribution is -2.15. The van der Waals surface area contributed by atoms with E-state index >= 15 is 0 Å². The molecule has 2 heterocycles. The largest absolute Gasteiger partial charge is 0.364 e. The first-order valence-corrected chi connectivity index (χ1v) is 8.95. The lowest BCUT2D eigenvalue weighted by Gasteiger charge is -2.07. The third kappa shape index (κ3) is 3.13. The number of fused-ring (bicyclic) bond motifs is 1. The quantitative estimate of drug-likeness (QED) is 0.505. The van der Waals surface area contributed by atoms with Gasteiger partial charge in [-0.2, -0.15) is 0 Å². The molecule has 0 aliphatic heterocycles. The zero-order valence-corrected chi connectivity index (χ0v) is 16.0. The normalized spacial score (nSPS) is 11.0. The number of aromatic nitrogens is 4. The Labute approximate surface area is 166 Å². The van der Waals surface area contributed by atoms with Gasteiger partial charge in [0.1, 0.15) is 5.52 Å². The average Bonchev–Trinajstić information content (AvgIpc) is 2.97. The van der Waals surface area contributed by atoms with Crippen molar-refractivity contribution >= 4 is 44.6 Å². The van der Waals surface area contributed by atoms with E-state index in [4.69, 9.17) is 17.3 Å². The fourth-order valence-electron chi connectivity index (χ4n) is 2.75. The molecule has 0 unspecified atom stereocenters. The van der Waals surface area contributed by atoms with Crippen molar-refractivity contribution in [1.82, 2.24) is 19.5 Å². The van der Waals surface area contributed by atoms with Crippen LogP contribution < -0.4 is 11.4 Å². The Morgan fingerprint density at radius 3 is 2.56 bits per heavy atom. The van der Waals surface area contributed by atoms with Crippen LogP contribution in [0.1, 0.15) is 10.5 Å². The molecular weight excluding hydrogens is 434 g/mol. The Morgan fingerprint density at radius 2 is 1.89 bits per heavy atom. The van der Waals surface area contributed by atoms with E-state index in [1.54, 1.807) is 30.3 Å². The summed E-state index contributed by atoms with van der Waals surface area (Å²) in [5.74, 6) is -0.484. The number of nitrogens with one attached hydrogen (secondary N) is 1. The molecule has 4 aromatic rings. The first kappa shape index (κ1) is 17.4. The molecule has 0 spiro atoms. The number of primary amides is 1. The van der Waals surface area contributed by atoms with Crippen molar-refractivity contribution in [1.29, 1.82) is 0 Å². The molecule has 134 valence electrons. The lowest BCUT2D eigenvalue weighted by atomic mass is 10.2.